The van der Waals surface area contributed by atoms with Crippen molar-refractivity contribution in [3.8, 4) is 22.5 Å². The Labute approximate surface area is 137 Å². The maximum atomic E-state index is 13.1. The van der Waals surface area contributed by atoms with Crippen LogP contribution in [0, 0.1) is 11.6 Å². The van der Waals surface area contributed by atoms with E-state index in [-0.39, 0.29) is 18.1 Å². The number of nitrogens with zero attached hydrogens (tertiary/aromatic N) is 1. The summed E-state index contributed by atoms with van der Waals surface area (Å²) >= 11 is 0. The van der Waals surface area contributed by atoms with Gasteiger partial charge >= 0.3 is 5.97 Å². The fourth-order valence-corrected chi connectivity index (χ4v) is 2.43. The topological polar surface area (TPSA) is 50.2 Å². The number of aromatic nitrogens is 1. The molecule has 2 aromatic carbocycles. The van der Waals surface area contributed by atoms with E-state index in [2.05, 4.69) is 4.98 Å². The van der Waals surface area contributed by atoms with E-state index in [1.165, 1.54) is 24.3 Å². The van der Waals surface area contributed by atoms with Gasteiger partial charge in [-0.2, -0.15) is 0 Å². The first-order valence-electron chi connectivity index (χ1n) is 7.26. The number of carboxylic acids is 1. The normalized spacial score (nSPS) is 10.6. The maximum Gasteiger partial charge on any atom is 0.307 e. The minimum absolute atomic E-state index is 0.191. The molecule has 3 aromatic rings. The summed E-state index contributed by atoms with van der Waals surface area (Å²) in [5, 5.41) is 9.07. The lowest BCUT2D eigenvalue weighted by atomic mass is 10.0. The van der Waals surface area contributed by atoms with E-state index in [4.69, 9.17) is 5.11 Å². The lowest BCUT2D eigenvalue weighted by molar-refractivity contribution is -0.136. The van der Waals surface area contributed by atoms with Gasteiger partial charge in [-0.05, 0) is 60.2 Å². The van der Waals surface area contributed by atoms with Gasteiger partial charge < -0.3 is 5.11 Å². The summed E-state index contributed by atoms with van der Waals surface area (Å²) in [4.78, 5) is 15.6. The highest BCUT2D eigenvalue weighted by Crippen LogP contribution is 2.27. The molecule has 0 aliphatic carbocycles. The number of pyridine rings is 1. The van der Waals surface area contributed by atoms with Gasteiger partial charge in [-0.25, -0.2) is 13.8 Å². The largest absolute Gasteiger partial charge is 0.481 e. The third-order valence-corrected chi connectivity index (χ3v) is 3.58. The first-order valence-corrected chi connectivity index (χ1v) is 7.26. The number of hydrogen-bond donors (Lipinski definition) is 1. The number of hydrogen-bond acceptors (Lipinski definition) is 2. The van der Waals surface area contributed by atoms with Crippen LogP contribution in [0.15, 0.2) is 60.7 Å². The van der Waals surface area contributed by atoms with Crippen LogP contribution in [0.1, 0.15) is 5.56 Å². The zero-order valence-corrected chi connectivity index (χ0v) is 12.5. The first-order chi connectivity index (χ1) is 11.5. The average molecular weight is 325 g/mol. The van der Waals surface area contributed by atoms with Gasteiger partial charge in [0.15, 0.2) is 0 Å². The minimum Gasteiger partial charge on any atom is -0.481 e. The highest BCUT2D eigenvalue weighted by Gasteiger charge is 2.12. The van der Waals surface area contributed by atoms with Crippen LogP contribution in [0.4, 0.5) is 8.78 Å². The number of halogens is 2. The number of carboxylic acid groups (broad SMARTS) is 1. The molecular formula is C19H13F2NO2. The predicted octanol–water partition coefficient (Wildman–Crippen LogP) is 4.32. The number of rotatable bonds is 4. The molecule has 0 bridgehead atoms. The fourth-order valence-electron chi connectivity index (χ4n) is 2.43. The van der Waals surface area contributed by atoms with Crippen LogP contribution in [0.25, 0.3) is 22.5 Å². The molecule has 0 atom stereocenters. The Morgan fingerprint density at radius 1 is 0.833 bits per heavy atom. The van der Waals surface area contributed by atoms with Gasteiger partial charge in [0, 0.05) is 11.1 Å². The van der Waals surface area contributed by atoms with Crippen molar-refractivity contribution in [3.05, 3.63) is 77.9 Å². The number of carbonyl (C=O) groups is 1. The first kappa shape index (κ1) is 15.8. The zero-order chi connectivity index (χ0) is 17.1. The molecule has 0 saturated carbocycles. The molecule has 3 rings (SSSR count). The van der Waals surface area contributed by atoms with E-state index in [0.717, 1.165) is 0 Å². The molecular weight excluding hydrogens is 312 g/mol. The Morgan fingerprint density at radius 2 is 1.38 bits per heavy atom. The molecule has 1 N–H and O–H groups in total. The lowest BCUT2D eigenvalue weighted by Gasteiger charge is -2.10. The molecule has 0 aliphatic rings. The molecule has 120 valence electrons. The highest BCUT2D eigenvalue weighted by molar-refractivity contribution is 5.76. The van der Waals surface area contributed by atoms with E-state index in [9.17, 15) is 13.6 Å². The fraction of sp³-hybridized carbons (Fsp3) is 0.0526. The summed E-state index contributed by atoms with van der Waals surface area (Å²) in [5.41, 5.74) is 2.92. The summed E-state index contributed by atoms with van der Waals surface area (Å²) in [6.07, 6.45) is -0.191. The van der Waals surface area contributed by atoms with Crippen molar-refractivity contribution in [2.75, 3.05) is 0 Å². The van der Waals surface area contributed by atoms with E-state index in [0.29, 0.717) is 28.1 Å². The van der Waals surface area contributed by atoms with Crippen LogP contribution in [-0.2, 0) is 11.2 Å². The van der Waals surface area contributed by atoms with E-state index in [1.54, 1.807) is 36.4 Å². The summed E-state index contributed by atoms with van der Waals surface area (Å²) in [7, 11) is 0. The van der Waals surface area contributed by atoms with Crippen molar-refractivity contribution in [3.63, 3.8) is 0 Å². The monoisotopic (exact) mass is 325 g/mol. The van der Waals surface area contributed by atoms with E-state index < -0.39 is 5.97 Å². The summed E-state index contributed by atoms with van der Waals surface area (Å²) in [6, 6.07) is 14.9. The predicted molar refractivity (Wildman–Crippen MR) is 86.4 cm³/mol. The van der Waals surface area contributed by atoms with Crippen LogP contribution in [0.5, 0.6) is 0 Å². The van der Waals surface area contributed by atoms with Crippen molar-refractivity contribution in [2.45, 2.75) is 6.42 Å². The minimum atomic E-state index is -0.977. The average Bonchev–Trinajstić information content (AvgIpc) is 2.56. The van der Waals surface area contributed by atoms with Crippen molar-refractivity contribution < 1.29 is 18.7 Å². The second-order valence-corrected chi connectivity index (χ2v) is 5.29. The molecule has 0 saturated heterocycles. The number of aliphatic carboxylic acids is 1. The quantitative estimate of drug-likeness (QED) is 0.777. The van der Waals surface area contributed by atoms with Crippen molar-refractivity contribution in [1.82, 2.24) is 4.98 Å². The van der Waals surface area contributed by atoms with Gasteiger partial charge in [-0.1, -0.05) is 6.07 Å². The Bertz CT molecular complexity index is 875. The molecule has 1 aromatic heterocycles. The lowest BCUT2D eigenvalue weighted by Crippen LogP contribution is -2.04. The third kappa shape index (κ3) is 3.46. The van der Waals surface area contributed by atoms with Crippen LogP contribution >= 0.6 is 0 Å². The molecule has 3 nitrogen and oxygen atoms in total. The van der Waals surface area contributed by atoms with E-state index >= 15 is 0 Å². The van der Waals surface area contributed by atoms with Crippen LogP contribution < -0.4 is 0 Å². The second-order valence-electron chi connectivity index (χ2n) is 5.29. The maximum absolute atomic E-state index is 13.1. The molecule has 0 unspecified atom stereocenters. The molecule has 24 heavy (non-hydrogen) atoms. The van der Waals surface area contributed by atoms with Gasteiger partial charge in [0.25, 0.3) is 0 Å². The van der Waals surface area contributed by atoms with E-state index in [1.807, 2.05) is 0 Å². The van der Waals surface area contributed by atoms with Crippen LogP contribution in [-0.4, -0.2) is 16.1 Å². The third-order valence-electron chi connectivity index (χ3n) is 3.58. The Morgan fingerprint density at radius 3 is 1.92 bits per heavy atom. The Hall–Kier alpha value is -3.08. The van der Waals surface area contributed by atoms with Crippen molar-refractivity contribution >= 4 is 5.97 Å². The smallest absolute Gasteiger partial charge is 0.307 e. The van der Waals surface area contributed by atoms with Crippen LogP contribution in [0.2, 0.25) is 0 Å². The molecule has 1 heterocycles. The molecule has 0 aliphatic heterocycles. The SMILES string of the molecule is O=C(O)Cc1ccc(-c2ccc(F)cc2)nc1-c1ccc(F)cc1. The summed E-state index contributed by atoms with van der Waals surface area (Å²) < 4.78 is 26.2. The van der Waals surface area contributed by atoms with Gasteiger partial charge in [0.05, 0.1) is 17.8 Å². The summed E-state index contributed by atoms with van der Waals surface area (Å²) in [6.45, 7) is 0. The molecule has 0 fully saturated rings. The standard InChI is InChI=1S/C19H13F2NO2/c20-15-6-1-12(2-7-15)17-10-5-14(11-18(23)24)19(22-17)13-3-8-16(21)9-4-13/h1-10H,11H2,(H,23,24). The van der Waals surface area contributed by atoms with Gasteiger partial charge in [0.2, 0.25) is 0 Å². The second kappa shape index (κ2) is 6.58. The highest BCUT2D eigenvalue weighted by atomic mass is 19.1. The molecule has 5 heteroatoms. The van der Waals surface area contributed by atoms with Crippen molar-refractivity contribution in [2.24, 2.45) is 0 Å². The molecule has 0 radical (unpaired) electrons. The van der Waals surface area contributed by atoms with Crippen LogP contribution in [0.3, 0.4) is 0 Å². The molecule has 0 amide bonds. The Kier molecular flexibility index (Phi) is 4.33. The molecule has 0 spiro atoms. The number of benzene rings is 2. The van der Waals surface area contributed by atoms with Gasteiger partial charge in [-0.15, -0.1) is 0 Å². The summed E-state index contributed by atoms with van der Waals surface area (Å²) in [5.74, 6) is -1.71. The zero-order valence-electron chi connectivity index (χ0n) is 12.5. The van der Waals surface area contributed by atoms with Gasteiger partial charge in [0.1, 0.15) is 11.6 Å². The Balaban J connectivity index is 2.11. The van der Waals surface area contributed by atoms with Crippen molar-refractivity contribution in [1.29, 1.82) is 0 Å². The van der Waals surface area contributed by atoms with Gasteiger partial charge in [-0.3, -0.25) is 4.79 Å².